The van der Waals surface area contributed by atoms with E-state index in [0.717, 1.165) is 18.4 Å². The Morgan fingerprint density at radius 2 is 2.04 bits per heavy atom. The number of amides is 1. The molecule has 0 radical (unpaired) electrons. The number of ether oxygens (including phenoxy) is 2. The van der Waals surface area contributed by atoms with Gasteiger partial charge in [0.25, 0.3) is 5.91 Å². The maximum atomic E-state index is 12.4. The molecule has 24 heavy (non-hydrogen) atoms. The minimum Gasteiger partial charge on any atom is -0.482 e. The van der Waals surface area contributed by atoms with E-state index in [1.54, 1.807) is 18.2 Å². The summed E-state index contributed by atoms with van der Waals surface area (Å²) in [5.41, 5.74) is 1.48. The summed E-state index contributed by atoms with van der Waals surface area (Å²) in [7, 11) is 0. The van der Waals surface area contributed by atoms with Crippen molar-refractivity contribution in [2.75, 3.05) is 11.9 Å². The average Bonchev–Trinajstić information content (AvgIpc) is 3.05. The van der Waals surface area contributed by atoms with Crippen LogP contribution in [-0.4, -0.2) is 35.8 Å². The summed E-state index contributed by atoms with van der Waals surface area (Å²) >= 11 is 0. The molecule has 1 atom stereocenters. The second kappa shape index (κ2) is 8.68. The summed E-state index contributed by atoms with van der Waals surface area (Å²) < 4.78 is 11.0. The SMILES string of the molecule is CCC(OC1CCCC1)C(=O)Nc1ccc(OCC(=O)O)cc1C. The lowest BCUT2D eigenvalue weighted by molar-refractivity contribution is -0.139. The summed E-state index contributed by atoms with van der Waals surface area (Å²) in [5, 5.41) is 11.5. The molecule has 0 aliphatic heterocycles. The first kappa shape index (κ1) is 18.3. The Hall–Kier alpha value is -2.08. The van der Waals surface area contributed by atoms with E-state index in [1.807, 2.05) is 13.8 Å². The average molecular weight is 335 g/mol. The van der Waals surface area contributed by atoms with Crippen LogP contribution in [0.5, 0.6) is 5.75 Å². The number of carboxylic acids is 1. The van der Waals surface area contributed by atoms with Crippen LogP contribution in [0.4, 0.5) is 5.69 Å². The van der Waals surface area contributed by atoms with Gasteiger partial charge in [0.15, 0.2) is 6.61 Å². The van der Waals surface area contributed by atoms with Gasteiger partial charge in [-0.25, -0.2) is 4.79 Å². The Morgan fingerprint density at radius 1 is 1.33 bits per heavy atom. The highest BCUT2D eigenvalue weighted by atomic mass is 16.5. The van der Waals surface area contributed by atoms with Gasteiger partial charge in [-0.2, -0.15) is 0 Å². The molecular weight excluding hydrogens is 310 g/mol. The molecule has 1 aliphatic carbocycles. The Morgan fingerprint density at radius 3 is 2.62 bits per heavy atom. The molecule has 2 N–H and O–H groups in total. The zero-order valence-corrected chi connectivity index (χ0v) is 14.2. The third-order valence-electron chi connectivity index (χ3n) is 4.14. The number of hydrogen-bond acceptors (Lipinski definition) is 4. The van der Waals surface area contributed by atoms with Gasteiger partial charge in [0.2, 0.25) is 0 Å². The van der Waals surface area contributed by atoms with Crippen molar-refractivity contribution in [1.29, 1.82) is 0 Å². The van der Waals surface area contributed by atoms with Gasteiger partial charge in [0.05, 0.1) is 6.10 Å². The van der Waals surface area contributed by atoms with Crippen LogP contribution >= 0.6 is 0 Å². The first-order valence-electron chi connectivity index (χ1n) is 8.41. The lowest BCUT2D eigenvalue weighted by Crippen LogP contribution is -2.33. The van der Waals surface area contributed by atoms with Crippen molar-refractivity contribution in [2.24, 2.45) is 0 Å². The molecule has 1 aromatic carbocycles. The van der Waals surface area contributed by atoms with Crippen LogP contribution in [0.1, 0.15) is 44.6 Å². The number of aryl methyl sites for hydroxylation is 1. The fraction of sp³-hybridized carbons (Fsp3) is 0.556. The fourth-order valence-corrected chi connectivity index (χ4v) is 2.82. The number of carboxylic acid groups (broad SMARTS) is 1. The fourth-order valence-electron chi connectivity index (χ4n) is 2.82. The summed E-state index contributed by atoms with van der Waals surface area (Å²) in [6.45, 7) is 3.38. The molecule has 0 heterocycles. The zero-order chi connectivity index (χ0) is 17.5. The molecule has 2 rings (SSSR count). The van der Waals surface area contributed by atoms with E-state index in [4.69, 9.17) is 14.6 Å². The van der Waals surface area contributed by atoms with Gasteiger partial charge in [0.1, 0.15) is 11.9 Å². The monoisotopic (exact) mass is 335 g/mol. The van der Waals surface area contributed by atoms with Crippen LogP contribution in [0.25, 0.3) is 0 Å². The second-order valence-electron chi connectivity index (χ2n) is 6.09. The first-order valence-corrected chi connectivity index (χ1v) is 8.41. The smallest absolute Gasteiger partial charge is 0.341 e. The van der Waals surface area contributed by atoms with Crippen molar-refractivity contribution in [3.05, 3.63) is 23.8 Å². The normalized spacial score (nSPS) is 15.9. The number of nitrogens with one attached hydrogen (secondary N) is 1. The van der Waals surface area contributed by atoms with Gasteiger partial charge in [-0.3, -0.25) is 4.79 Å². The molecule has 0 aromatic heterocycles. The van der Waals surface area contributed by atoms with Crippen molar-refractivity contribution in [3.63, 3.8) is 0 Å². The van der Waals surface area contributed by atoms with Crippen molar-refractivity contribution >= 4 is 17.6 Å². The molecule has 0 saturated heterocycles. The highest BCUT2D eigenvalue weighted by Gasteiger charge is 2.24. The molecule has 1 amide bonds. The largest absolute Gasteiger partial charge is 0.482 e. The van der Waals surface area contributed by atoms with Gasteiger partial charge in [-0.1, -0.05) is 19.8 Å². The molecule has 132 valence electrons. The van der Waals surface area contributed by atoms with E-state index in [-0.39, 0.29) is 12.0 Å². The highest BCUT2D eigenvalue weighted by Crippen LogP contribution is 2.25. The molecule has 6 nitrogen and oxygen atoms in total. The third-order valence-corrected chi connectivity index (χ3v) is 4.14. The van der Waals surface area contributed by atoms with E-state index in [1.165, 1.54) is 12.8 Å². The van der Waals surface area contributed by atoms with E-state index in [2.05, 4.69) is 5.32 Å². The number of anilines is 1. The predicted molar refractivity (Wildman–Crippen MR) is 90.4 cm³/mol. The maximum Gasteiger partial charge on any atom is 0.341 e. The van der Waals surface area contributed by atoms with E-state index in [0.29, 0.717) is 17.9 Å². The lowest BCUT2D eigenvalue weighted by atomic mass is 10.1. The van der Waals surface area contributed by atoms with Crippen molar-refractivity contribution in [1.82, 2.24) is 0 Å². The van der Waals surface area contributed by atoms with Crippen molar-refractivity contribution < 1.29 is 24.2 Å². The predicted octanol–water partition coefficient (Wildman–Crippen LogP) is 3.13. The summed E-state index contributed by atoms with van der Waals surface area (Å²) in [4.78, 5) is 23.0. The molecule has 1 saturated carbocycles. The standard InChI is InChI=1S/C18H25NO5/c1-3-16(24-13-6-4-5-7-13)18(22)19-15-9-8-14(10-12(15)2)23-11-17(20)21/h8-10,13,16H,3-7,11H2,1-2H3,(H,19,22)(H,20,21). The van der Waals surface area contributed by atoms with Crippen molar-refractivity contribution in [3.8, 4) is 5.75 Å². The van der Waals surface area contributed by atoms with Gasteiger partial charge in [-0.15, -0.1) is 0 Å². The van der Waals surface area contributed by atoms with Gasteiger partial charge >= 0.3 is 5.97 Å². The molecular formula is C18H25NO5. The Bertz CT molecular complexity index is 581. The van der Waals surface area contributed by atoms with Gasteiger partial charge < -0.3 is 19.9 Å². The number of carbonyl (C=O) groups excluding carboxylic acids is 1. The molecule has 0 bridgehead atoms. The highest BCUT2D eigenvalue weighted by molar-refractivity contribution is 5.94. The van der Waals surface area contributed by atoms with Crippen LogP contribution in [0.3, 0.4) is 0 Å². The quantitative estimate of drug-likeness (QED) is 0.762. The Labute approximate surface area is 142 Å². The molecule has 6 heteroatoms. The molecule has 1 fully saturated rings. The number of rotatable bonds is 8. The molecule has 1 unspecified atom stereocenters. The number of benzene rings is 1. The van der Waals surface area contributed by atoms with Crippen LogP contribution < -0.4 is 10.1 Å². The summed E-state index contributed by atoms with van der Waals surface area (Å²) in [5.74, 6) is -0.714. The van der Waals surface area contributed by atoms with Crippen LogP contribution in [0.15, 0.2) is 18.2 Å². The number of carbonyl (C=O) groups is 2. The number of hydrogen-bond donors (Lipinski definition) is 2. The minimum absolute atomic E-state index is 0.147. The molecule has 0 spiro atoms. The van der Waals surface area contributed by atoms with Crippen LogP contribution in [-0.2, 0) is 14.3 Å². The topological polar surface area (TPSA) is 84.9 Å². The summed E-state index contributed by atoms with van der Waals surface area (Å²) in [6.07, 6.45) is 4.75. The van der Waals surface area contributed by atoms with Crippen LogP contribution in [0.2, 0.25) is 0 Å². The Balaban J connectivity index is 1.95. The molecule has 1 aliphatic rings. The van der Waals surface area contributed by atoms with E-state index < -0.39 is 18.7 Å². The first-order chi connectivity index (χ1) is 11.5. The van der Waals surface area contributed by atoms with Crippen molar-refractivity contribution in [2.45, 2.75) is 58.2 Å². The molecule has 1 aromatic rings. The maximum absolute atomic E-state index is 12.4. The van der Waals surface area contributed by atoms with E-state index >= 15 is 0 Å². The summed E-state index contributed by atoms with van der Waals surface area (Å²) in [6, 6.07) is 5.06. The van der Waals surface area contributed by atoms with Gasteiger partial charge in [-0.05, 0) is 49.9 Å². The Kier molecular flexibility index (Phi) is 6.61. The van der Waals surface area contributed by atoms with E-state index in [9.17, 15) is 9.59 Å². The minimum atomic E-state index is -1.03. The zero-order valence-electron chi connectivity index (χ0n) is 14.2. The van der Waals surface area contributed by atoms with Gasteiger partial charge in [0, 0.05) is 5.69 Å². The second-order valence-corrected chi connectivity index (χ2v) is 6.09. The third kappa shape index (κ3) is 5.23. The lowest BCUT2D eigenvalue weighted by Gasteiger charge is -2.21. The number of aliphatic carboxylic acids is 1. The van der Waals surface area contributed by atoms with Crippen LogP contribution in [0, 0.1) is 6.92 Å².